The van der Waals surface area contributed by atoms with Crippen molar-refractivity contribution in [1.29, 1.82) is 0 Å². The Morgan fingerprint density at radius 3 is 2.03 bits per heavy atom. The molecule has 0 aliphatic heterocycles. The molecule has 0 heterocycles. The molecule has 12 nitrogen and oxygen atoms in total. The fourth-order valence-corrected chi connectivity index (χ4v) is 5.05. The Bertz CT molecular complexity index is 1600. The van der Waals surface area contributed by atoms with Crippen molar-refractivity contribution < 1.29 is 44.3 Å². The van der Waals surface area contributed by atoms with Crippen molar-refractivity contribution in [3.05, 3.63) is 65.7 Å². The van der Waals surface area contributed by atoms with Crippen LogP contribution in [0.1, 0.15) is 27.6 Å². The van der Waals surface area contributed by atoms with Crippen LogP contribution in [-0.2, 0) is 20.2 Å². The average Bonchev–Trinajstić information content (AvgIpc) is 2.82. The van der Waals surface area contributed by atoms with Gasteiger partial charge in [-0.25, -0.2) is 0 Å². The smallest absolute Gasteiger partial charge is 0.295 e. The van der Waals surface area contributed by atoms with Gasteiger partial charge in [-0.05, 0) is 43.3 Å². The summed E-state index contributed by atoms with van der Waals surface area (Å²) in [5.41, 5.74) is 0.00434. The Labute approximate surface area is 216 Å². The Hall–Kier alpha value is -3.47. The van der Waals surface area contributed by atoms with Gasteiger partial charge in [0.05, 0.1) is 5.56 Å². The summed E-state index contributed by atoms with van der Waals surface area (Å²) < 4.78 is 81.7. The van der Waals surface area contributed by atoms with E-state index in [0.717, 1.165) is 18.2 Å². The van der Waals surface area contributed by atoms with E-state index in [1.54, 1.807) is 13.1 Å². The minimum atomic E-state index is -4.91. The van der Waals surface area contributed by atoms with E-state index in [1.165, 1.54) is 37.3 Å². The average molecular weight is 569 g/mol. The van der Waals surface area contributed by atoms with Crippen molar-refractivity contribution in [1.82, 2.24) is 0 Å². The number of anilines is 2. The van der Waals surface area contributed by atoms with Crippen LogP contribution in [-0.4, -0.2) is 49.2 Å². The van der Waals surface area contributed by atoms with Crippen molar-refractivity contribution in [3.63, 3.8) is 0 Å². The Kier molecular flexibility index (Phi) is 8.26. The molecule has 1 amide bonds. The summed E-state index contributed by atoms with van der Waals surface area (Å²) in [7, 11) is -8.14. The van der Waals surface area contributed by atoms with E-state index in [4.69, 9.17) is 8.74 Å². The molecule has 0 bridgehead atoms. The summed E-state index contributed by atoms with van der Waals surface area (Å²) in [4.78, 5) is 23.0. The normalized spacial score (nSPS) is 11.6. The standard InChI is InChI=1S/C22H20N2O10S3/c1-12(25)13-3-6-18(20(9-13)36(28,29)30)22(26)24-15-5-8-17(21(11-15)37(31,32)33)16-7-4-14(23-2)10-19(16)34-35-27/h3-11,23,27H,1-2H3,(H,24,26)(H,28,29,30)(H,31,32,33). The summed E-state index contributed by atoms with van der Waals surface area (Å²) in [6.45, 7) is 1.17. The van der Waals surface area contributed by atoms with Gasteiger partial charge in [0.15, 0.2) is 5.78 Å². The van der Waals surface area contributed by atoms with Crippen LogP contribution in [0, 0.1) is 0 Å². The van der Waals surface area contributed by atoms with E-state index >= 15 is 0 Å². The highest BCUT2D eigenvalue weighted by atomic mass is 32.2. The molecular formula is C22H20N2O10S3. The second-order valence-corrected chi connectivity index (χ2v) is 10.6. The number of hydrogen-bond donors (Lipinski definition) is 5. The summed E-state index contributed by atoms with van der Waals surface area (Å²) in [6, 6.07) is 11.1. The number of rotatable bonds is 9. The monoisotopic (exact) mass is 568 g/mol. The van der Waals surface area contributed by atoms with Gasteiger partial charge in [-0.1, -0.05) is 12.1 Å². The van der Waals surface area contributed by atoms with Crippen LogP contribution in [0.3, 0.4) is 0 Å². The van der Waals surface area contributed by atoms with Crippen molar-refractivity contribution in [3.8, 4) is 16.9 Å². The molecule has 0 aromatic heterocycles. The molecule has 0 unspecified atom stereocenters. The van der Waals surface area contributed by atoms with E-state index in [0.29, 0.717) is 5.69 Å². The Balaban J connectivity index is 2.09. The number of ketones is 1. The van der Waals surface area contributed by atoms with Gasteiger partial charge >= 0.3 is 0 Å². The van der Waals surface area contributed by atoms with Crippen LogP contribution in [0.4, 0.5) is 11.4 Å². The highest BCUT2D eigenvalue weighted by molar-refractivity contribution is 7.89. The van der Waals surface area contributed by atoms with Crippen molar-refractivity contribution >= 4 is 55.6 Å². The van der Waals surface area contributed by atoms with E-state index in [1.807, 2.05) is 0 Å². The van der Waals surface area contributed by atoms with Crippen LogP contribution in [0.5, 0.6) is 5.75 Å². The number of hydrogen-bond acceptors (Lipinski definition) is 10. The highest BCUT2D eigenvalue weighted by Crippen LogP contribution is 2.38. The zero-order chi connectivity index (χ0) is 27.5. The van der Waals surface area contributed by atoms with Gasteiger partial charge in [0, 0.05) is 41.2 Å². The molecule has 37 heavy (non-hydrogen) atoms. The highest BCUT2D eigenvalue weighted by Gasteiger charge is 2.24. The van der Waals surface area contributed by atoms with Crippen LogP contribution < -0.4 is 14.8 Å². The SMILES string of the molecule is CNc1ccc(-c2ccc(NC(=O)c3ccc(C(C)=O)cc3S(=O)(=O)O)cc2S(=O)(=O)O)c(OSO)c1. The summed E-state index contributed by atoms with van der Waals surface area (Å²) >= 11 is 0.0239. The van der Waals surface area contributed by atoms with E-state index in [2.05, 4.69) is 10.6 Å². The first kappa shape index (κ1) is 28.1. The Morgan fingerprint density at radius 2 is 1.46 bits per heavy atom. The van der Waals surface area contributed by atoms with Gasteiger partial charge in [-0.3, -0.25) is 23.2 Å². The number of nitrogens with one attached hydrogen (secondary N) is 2. The van der Waals surface area contributed by atoms with Gasteiger partial charge in [0.2, 0.25) is 12.3 Å². The molecule has 196 valence electrons. The predicted molar refractivity (Wildman–Crippen MR) is 136 cm³/mol. The number of carbonyl (C=O) groups is 2. The van der Waals surface area contributed by atoms with Gasteiger partial charge < -0.3 is 14.8 Å². The lowest BCUT2D eigenvalue weighted by Gasteiger charge is -2.15. The fraction of sp³-hybridized carbons (Fsp3) is 0.0909. The van der Waals surface area contributed by atoms with Crippen LogP contribution in [0.15, 0.2) is 64.4 Å². The second kappa shape index (κ2) is 10.9. The molecule has 5 N–H and O–H groups in total. The number of benzene rings is 3. The number of carbonyl (C=O) groups excluding carboxylic acids is 2. The summed E-state index contributed by atoms with van der Waals surface area (Å²) in [5, 5.41) is 5.16. The molecule has 0 atom stereocenters. The maximum Gasteiger partial charge on any atom is 0.295 e. The molecule has 0 radical (unpaired) electrons. The zero-order valence-corrected chi connectivity index (χ0v) is 21.6. The third kappa shape index (κ3) is 6.46. The van der Waals surface area contributed by atoms with Crippen molar-refractivity contribution in [2.45, 2.75) is 16.7 Å². The third-order valence-electron chi connectivity index (χ3n) is 5.12. The molecule has 0 aliphatic carbocycles. The zero-order valence-electron chi connectivity index (χ0n) is 19.1. The van der Waals surface area contributed by atoms with E-state index < -0.39 is 47.3 Å². The Morgan fingerprint density at radius 1 is 0.838 bits per heavy atom. The van der Waals surface area contributed by atoms with Gasteiger partial charge in [0.1, 0.15) is 15.5 Å². The number of Topliss-reactive ketones (excluding diaryl/α,β-unsaturated/α-hetero) is 1. The molecule has 3 aromatic carbocycles. The molecular weight excluding hydrogens is 548 g/mol. The minimum absolute atomic E-state index is 0.0239. The maximum absolute atomic E-state index is 12.8. The van der Waals surface area contributed by atoms with Crippen LogP contribution >= 0.6 is 12.3 Å². The lowest BCUT2D eigenvalue weighted by Crippen LogP contribution is -2.17. The van der Waals surface area contributed by atoms with Crippen LogP contribution in [0.2, 0.25) is 0 Å². The molecule has 0 saturated carbocycles. The fourth-order valence-electron chi connectivity index (χ4n) is 3.39. The summed E-state index contributed by atoms with van der Waals surface area (Å²) in [6.07, 6.45) is 0. The maximum atomic E-state index is 12.8. The lowest BCUT2D eigenvalue weighted by atomic mass is 10.0. The van der Waals surface area contributed by atoms with Crippen LogP contribution in [0.25, 0.3) is 11.1 Å². The number of amides is 1. The topological polar surface area (TPSA) is 196 Å². The lowest BCUT2D eigenvalue weighted by molar-refractivity contribution is 0.100. The molecule has 0 fully saturated rings. The molecule has 0 spiro atoms. The molecule has 3 rings (SSSR count). The van der Waals surface area contributed by atoms with E-state index in [-0.39, 0.29) is 40.5 Å². The largest absolute Gasteiger partial charge is 0.400 e. The quantitative estimate of drug-likeness (QED) is 0.142. The molecule has 0 saturated heterocycles. The van der Waals surface area contributed by atoms with Gasteiger partial charge in [-0.15, -0.1) is 0 Å². The van der Waals surface area contributed by atoms with Crippen molar-refractivity contribution in [2.75, 3.05) is 17.7 Å². The van der Waals surface area contributed by atoms with E-state index in [9.17, 15) is 35.5 Å². The molecule has 15 heteroatoms. The van der Waals surface area contributed by atoms with Crippen molar-refractivity contribution in [2.24, 2.45) is 0 Å². The van der Waals surface area contributed by atoms with Gasteiger partial charge in [-0.2, -0.15) is 16.8 Å². The first-order valence-electron chi connectivity index (χ1n) is 10.1. The molecule has 3 aromatic rings. The second-order valence-electron chi connectivity index (χ2n) is 7.50. The predicted octanol–water partition coefficient (Wildman–Crippen LogP) is 3.84. The first-order chi connectivity index (χ1) is 17.3. The third-order valence-corrected chi connectivity index (χ3v) is 7.16. The summed E-state index contributed by atoms with van der Waals surface area (Å²) in [5.74, 6) is -1.49. The van der Waals surface area contributed by atoms with Gasteiger partial charge in [0.25, 0.3) is 26.1 Å². The first-order valence-corrected chi connectivity index (χ1v) is 13.7. The molecule has 0 aliphatic rings. The minimum Gasteiger partial charge on any atom is -0.400 e.